The SMILES string of the molecule is CCOC(CCCCCCCCCCCCN[C@H]1C(O)O[C@H](CO)[C@@H](O)[C@@H]1O)(OCC)OCC. The molecule has 1 heterocycles. The highest BCUT2D eigenvalue weighted by Gasteiger charge is 2.43. The van der Waals surface area contributed by atoms with Gasteiger partial charge in [-0.2, -0.15) is 0 Å². The van der Waals surface area contributed by atoms with Gasteiger partial charge in [0.2, 0.25) is 0 Å². The largest absolute Gasteiger partial charge is 0.394 e. The molecule has 1 saturated heterocycles. The second kappa shape index (κ2) is 18.8. The van der Waals surface area contributed by atoms with E-state index in [9.17, 15) is 15.3 Å². The lowest BCUT2D eigenvalue weighted by molar-refractivity contribution is -0.380. The zero-order valence-electron chi connectivity index (χ0n) is 21.6. The number of nitrogens with one attached hydrogen (secondary N) is 1. The van der Waals surface area contributed by atoms with Crippen LogP contribution < -0.4 is 5.32 Å². The maximum absolute atomic E-state index is 10.1. The van der Waals surface area contributed by atoms with Gasteiger partial charge in [0, 0.05) is 26.2 Å². The van der Waals surface area contributed by atoms with Crippen LogP contribution in [-0.2, 0) is 18.9 Å². The van der Waals surface area contributed by atoms with Crippen molar-refractivity contribution in [3.8, 4) is 0 Å². The molecular formula is C25H51NO8. The van der Waals surface area contributed by atoms with Gasteiger partial charge in [-0.25, -0.2) is 0 Å². The van der Waals surface area contributed by atoms with E-state index in [0.717, 1.165) is 38.5 Å². The van der Waals surface area contributed by atoms with Gasteiger partial charge < -0.3 is 44.7 Å². The summed E-state index contributed by atoms with van der Waals surface area (Å²) in [4.78, 5) is 0. The molecule has 0 aromatic heterocycles. The van der Waals surface area contributed by atoms with E-state index in [1.807, 2.05) is 20.8 Å². The molecule has 34 heavy (non-hydrogen) atoms. The Bertz CT molecular complexity index is 467. The van der Waals surface area contributed by atoms with Crippen LogP contribution in [0.2, 0.25) is 0 Å². The van der Waals surface area contributed by atoms with Crippen LogP contribution in [0, 0.1) is 0 Å². The van der Waals surface area contributed by atoms with Crippen LogP contribution in [0.5, 0.6) is 0 Å². The Hall–Kier alpha value is -0.360. The van der Waals surface area contributed by atoms with E-state index in [2.05, 4.69) is 5.32 Å². The van der Waals surface area contributed by atoms with E-state index < -0.39 is 43.2 Å². The fourth-order valence-electron chi connectivity index (χ4n) is 4.47. The van der Waals surface area contributed by atoms with Crippen LogP contribution >= 0.6 is 0 Å². The number of hydrogen-bond donors (Lipinski definition) is 5. The van der Waals surface area contributed by atoms with E-state index in [1.165, 1.54) is 32.1 Å². The first kappa shape index (κ1) is 31.7. The van der Waals surface area contributed by atoms with Crippen molar-refractivity contribution in [3.05, 3.63) is 0 Å². The summed E-state index contributed by atoms with van der Waals surface area (Å²) in [5.41, 5.74) is 0. The van der Waals surface area contributed by atoms with E-state index >= 15 is 0 Å². The van der Waals surface area contributed by atoms with Gasteiger partial charge >= 0.3 is 0 Å². The molecule has 1 fully saturated rings. The monoisotopic (exact) mass is 493 g/mol. The molecule has 204 valence electrons. The fourth-order valence-corrected chi connectivity index (χ4v) is 4.47. The van der Waals surface area contributed by atoms with Crippen molar-refractivity contribution in [2.45, 2.75) is 128 Å². The van der Waals surface area contributed by atoms with Crippen LogP contribution in [0.3, 0.4) is 0 Å². The molecular weight excluding hydrogens is 442 g/mol. The van der Waals surface area contributed by atoms with Crippen LogP contribution in [-0.4, -0.2) is 90.0 Å². The van der Waals surface area contributed by atoms with Crippen molar-refractivity contribution >= 4 is 0 Å². The number of unbranched alkanes of at least 4 members (excludes halogenated alkanes) is 9. The average Bonchev–Trinajstić information content (AvgIpc) is 2.81. The summed E-state index contributed by atoms with van der Waals surface area (Å²) in [6, 6.07) is -0.751. The highest BCUT2D eigenvalue weighted by Crippen LogP contribution is 2.24. The van der Waals surface area contributed by atoms with Gasteiger partial charge in [0.25, 0.3) is 5.97 Å². The van der Waals surface area contributed by atoms with Gasteiger partial charge in [0.15, 0.2) is 6.29 Å². The fraction of sp³-hybridized carbons (Fsp3) is 1.00. The van der Waals surface area contributed by atoms with Gasteiger partial charge in [-0.3, -0.25) is 0 Å². The number of aliphatic hydroxyl groups is 4. The summed E-state index contributed by atoms with van der Waals surface area (Å²) in [6.45, 7) is 7.79. The van der Waals surface area contributed by atoms with Crippen LogP contribution in [0.4, 0.5) is 0 Å². The van der Waals surface area contributed by atoms with Gasteiger partial charge in [0.1, 0.15) is 18.3 Å². The van der Waals surface area contributed by atoms with Gasteiger partial charge in [-0.05, 0) is 40.2 Å². The number of ether oxygens (including phenoxy) is 4. The van der Waals surface area contributed by atoms with Gasteiger partial charge in [-0.15, -0.1) is 0 Å². The molecule has 0 amide bonds. The predicted octanol–water partition coefficient (Wildman–Crippen LogP) is 2.43. The summed E-state index contributed by atoms with van der Waals surface area (Å²) in [7, 11) is 0. The Kier molecular flexibility index (Phi) is 17.6. The summed E-state index contributed by atoms with van der Waals surface area (Å²) >= 11 is 0. The minimum Gasteiger partial charge on any atom is -0.394 e. The van der Waals surface area contributed by atoms with E-state index in [1.54, 1.807) is 0 Å². The molecule has 1 rings (SSSR count). The topological polar surface area (TPSA) is 130 Å². The van der Waals surface area contributed by atoms with Crippen molar-refractivity contribution in [1.82, 2.24) is 5.32 Å². The Labute approximate surface area is 206 Å². The minimum atomic E-state index is -1.25. The van der Waals surface area contributed by atoms with E-state index in [-0.39, 0.29) is 0 Å². The lowest BCUT2D eigenvalue weighted by Crippen LogP contribution is -2.63. The molecule has 5 atom stereocenters. The summed E-state index contributed by atoms with van der Waals surface area (Å²) < 4.78 is 22.5. The van der Waals surface area contributed by atoms with Crippen molar-refractivity contribution < 1.29 is 39.4 Å². The molecule has 9 nitrogen and oxygen atoms in total. The average molecular weight is 494 g/mol. The van der Waals surface area contributed by atoms with Crippen molar-refractivity contribution in [2.75, 3.05) is 33.0 Å². The third kappa shape index (κ3) is 11.6. The van der Waals surface area contributed by atoms with Crippen LogP contribution in [0.1, 0.15) is 91.4 Å². The second-order valence-corrected chi connectivity index (χ2v) is 8.98. The Balaban J connectivity index is 2.01. The van der Waals surface area contributed by atoms with E-state index in [0.29, 0.717) is 26.4 Å². The van der Waals surface area contributed by atoms with Crippen molar-refractivity contribution in [3.63, 3.8) is 0 Å². The Morgan fingerprint density at radius 1 is 0.706 bits per heavy atom. The molecule has 0 bridgehead atoms. The first-order valence-corrected chi connectivity index (χ1v) is 13.4. The normalized spacial score (nSPS) is 25.7. The molecule has 0 spiro atoms. The molecule has 0 radical (unpaired) electrons. The Morgan fingerprint density at radius 3 is 1.65 bits per heavy atom. The lowest BCUT2D eigenvalue weighted by atomic mass is 9.97. The van der Waals surface area contributed by atoms with Crippen molar-refractivity contribution in [2.24, 2.45) is 0 Å². The standard InChI is InChI=1S/C25H51NO8/c1-4-31-25(32-5-2,33-6-3)17-15-13-11-9-7-8-10-12-14-16-18-26-21-23(29)22(28)20(19-27)34-24(21)30/h20-24,26-30H,4-19H2,1-3H3/t20-,21-,22-,23-,24?/m1/s1. The predicted molar refractivity (Wildman–Crippen MR) is 130 cm³/mol. The zero-order chi connectivity index (χ0) is 25.2. The molecule has 9 heteroatoms. The number of rotatable bonds is 21. The molecule has 0 saturated carbocycles. The maximum Gasteiger partial charge on any atom is 0.282 e. The molecule has 0 aromatic carbocycles. The number of hydrogen-bond acceptors (Lipinski definition) is 9. The van der Waals surface area contributed by atoms with E-state index in [4.69, 9.17) is 24.1 Å². The lowest BCUT2D eigenvalue weighted by Gasteiger charge is -2.40. The zero-order valence-corrected chi connectivity index (χ0v) is 21.6. The van der Waals surface area contributed by atoms with Gasteiger partial charge in [0.05, 0.1) is 12.6 Å². The van der Waals surface area contributed by atoms with Gasteiger partial charge in [-0.1, -0.05) is 51.4 Å². The third-order valence-corrected chi connectivity index (χ3v) is 6.28. The second-order valence-electron chi connectivity index (χ2n) is 8.98. The smallest absolute Gasteiger partial charge is 0.282 e. The minimum absolute atomic E-state index is 0.446. The molecule has 1 unspecified atom stereocenters. The Morgan fingerprint density at radius 2 is 1.18 bits per heavy atom. The molecule has 0 aromatic rings. The van der Waals surface area contributed by atoms with Crippen LogP contribution in [0.25, 0.3) is 0 Å². The molecule has 5 N–H and O–H groups in total. The first-order chi connectivity index (χ1) is 16.4. The van der Waals surface area contributed by atoms with Crippen LogP contribution in [0.15, 0.2) is 0 Å². The summed E-state index contributed by atoms with van der Waals surface area (Å²) in [5.74, 6) is -0.880. The highest BCUT2D eigenvalue weighted by atomic mass is 16.9. The highest BCUT2D eigenvalue weighted by molar-refractivity contribution is 4.92. The molecule has 0 aliphatic carbocycles. The van der Waals surface area contributed by atoms with Crippen molar-refractivity contribution in [1.29, 1.82) is 0 Å². The quantitative estimate of drug-likeness (QED) is 0.121. The summed E-state index contributed by atoms with van der Waals surface area (Å²) in [5, 5.41) is 42.2. The molecule has 1 aliphatic rings. The molecule has 1 aliphatic heterocycles. The first-order valence-electron chi connectivity index (χ1n) is 13.4. The summed E-state index contributed by atoms with van der Waals surface area (Å²) in [6.07, 6.45) is 7.63. The maximum atomic E-state index is 10.1. The third-order valence-electron chi connectivity index (χ3n) is 6.28. The number of aliphatic hydroxyl groups excluding tert-OH is 4.